The lowest BCUT2D eigenvalue weighted by Crippen LogP contribution is -2.60. The number of piperidine rings is 1. The van der Waals surface area contributed by atoms with Crippen molar-refractivity contribution in [3.63, 3.8) is 0 Å². The van der Waals surface area contributed by atoms with Gasteiger partial charge in [-0.3, -0.25) is 9.78 Å². The molecule has 8 heteroatoms. The zero-order chi connectivity index (χ0) is 19.8. The molecular formula is C20H22FN3O3S. The van der Waals surface area contributed by atoms with Gasteiger partial charge in [-0.15, -0.1) is 0 Å². The van der Waals surface area contributed by atoms with Gasteiger partial charge in [-0.1, -0.05) is 12.1 Å². The highest BCUT2D eigenvalue weighted by Gasteiger charge is 2.55. The molecule has 0 bridgehead atoms. The van der Waals surface area contributed by atoms with Crippen molar-refractivity contribution in [2.75, 3.05) is 13.1 Å². The number of hydrogen-bond donors (Lipinski definition) is 0. The molecule has 2 aliphatic heterocycles. The Balaban J connectivity index is 1.66. The fourth-order valence-electron chi connectivity index (χ4n) is 4.33. The number of benzene rings is 1. The van der Waals surface area contributed by atoms with Crippen LogP contribution in [-0.4, -0.2) is 47.1 Å². The summed E-state index contributed by atoms with van der Waals surface area (Å²) in [6, 6.07) is 10.5. The molecule has 1 spiro atoms. The molecule has 148 valence electrons. The summed E-state index contributed by atoms with van der Waals surface area (Å²) in [7, 11) is -3.97. The first kappa shape index (κ1) is 19.0. The van der Waals surface area contributed by atoms with Gasteiger partial charge in [0.25, 0.3) is 0 Å². The fourth-order valence-corrected chi connectivity index (χ4v) is 6.18. The van der Waals surface area contributed by atoms with Crippen LogP contribution in [0.1, 0.15) is 31.4 Å². The molecule has 6 nitrogen and oxygen atoms in total. The minimum atomic E-state index is -3.97. The van der Waals surface area contributed by atoms with Crippen molar-refractivity contribution in [1.29, 1.82) is 0 Å². The zero-order valence-corrected chi connectivity index (χ0v) is 16.2. The van der Waals surface area contributed by atoms with Crippen molar-refractivity contribution in [2.24, 2.45) is 0 Å². The molecule has 2 saturated heterocycles. The molecule has 3 heterocycles. The molecule has 4 rings (SSSR count). The van der Waals surface area contributed by atoms with Crippen LogP contribution in [0.25, 0.3) is 0 Å². The third-order valence-corrected chi connectivity index (χ3v) is 7.56. The largest absolute Gasteiger partial charge is 0.335 e. The van der Waals surface area contributed by atoms with E-state index in [1.54, 1.807) is 11.1 Å². The number of nitrogens with zero attached hydrogens (tertiary/aromatic N) is 3. The van der Waals surface area contributed by atoms with Crippen LogP contribution in [0.5, 0.6) is 0 Å². The maximum absolute atomic E-state index is 13.6. The molecule has 0 aliphatic carbocycles. The number of likely N-dealkylation sites (tertiary alicyclic amines) is 1. The summed E-state index contributed by atoms with van der Waals surface area (Å²) >= 11 is 0. The normalized spacial score (nSPS) is 23.5. The lowest BCUT2D eigenvalue weighted by atomic mass is 9.86. The highest BCUT2D eigenvalue weighted by Crippen LogP contribution is 2.42. The van der Waals surface area contributed by atoms with Gasteiger partial charge in [0, 0.05) is 19.3 Å². The van der Waals surface area contributed by atoms with Crippen LogP contribution in [0.2, 0.25) is 0 Å². The molecule has 1 atom stereocenters. The summed E-state index contributed by atoms with van der Waals surface area (Å²) in [5.41, 5.74) is -0.316. The summed E-state index contributed by atoms with van der Waals surface area (Å²) in [5.74, 6) is -0.789. The number of sulfonamides is 1. The Kier molecular flexibility index (Phi) is 4.93. The van der Waals surface area contributed by atoms with Crippen LogP contribution < -0.4 is 0 Å². The van der Waals surface area contributed by atoms with Gasteiger partial charge in [0.05, 0.1) is 17.1 Å². The Morgan fingerprint density at radius 2 is 1.86 bits per heavy atom. The molecule has 1 amide bonds. The molecule has 0 N–H and O–H groups in total. The third kappa shape index (κ3) is 3.20. The summed E-state index contributed by atoms with van der Waals surface area (Å²) in [4.78, 5) is 19.3. The minimum Gasteiger partial charge on any atom is -0.335 e. The van der Waals surface area contributed by atoms with E-state index in [1.807, 2.05) is 18.2 Å². The Bertz CT molecular complexity index is 983. The van der Waals surface area contributed by atoms with Crippen molar-refractivity contribution in [2.45, 2.75) is 42.7 Å². The first-order valence-electron chi connectivity index (χ1n) is 9.41. The molecule has 2 aromatic rings. The predicted molar refractivity (Wildman–Crippen MR) is 101 cm³/mol. The predicted octanol–water partition coefficient (Wildman–Crippen LogP) is 2.57. The van der Waals surface area contributed by atoms with E-state index >= 15 is 0 Å². The second-order valence-electron chi connectivity index (χ2n) is 7.32. The topological polar surface area (TPSA) is 70.6 Å². The fraction of sp³-hybridized carbons (Fsp3) is 0.400. The van der Waals surface area contributed by atoms with Crippen LogP contribution in [0.15, 0.2) is 53.6 Å². The van der Waals surface area contributed by atoms with E-state index in [9.17, 15) is 17.6 Å². The Labute approximate surface area is 164 Å². The van der Waals surface area contributed by atoms with Crippen molar-refractivity contribution in [1.82, 2.24) is 14.2 Å². The molecule has 0 saturated carbocycles. The molecule has 2 fully saturated rings. The number of pyridine rings is 1. The van der Waals surface area contributed by atoms with Gasteiger partial charge in [0.15, 0.2) is 0 Å². The molecule has 1 aromatic heterocycles. The molecule has 0 radical (unpaired) electrons. The maximum atomic E-state index is 13.6. The van der Waals surface area contributed by atoms with Crippen LogP contribution in [0.4, 0.5) is 4.39 Å². The van der Waals surface area contributed by atoms with Gasteiger partial charge >= 0.3 is 0 Å². The number of rotatable bonds is 4. The highest BCUT2D eigenvalue weighted by atomic mass is 32.2. The quantitative estimate of drug-likeness (QED) is 0.787. The summed E-state index contributed by atoms with van der Waals surface area (Å²) in [6.07, 6.45) is 3.97. The lowest BCUT2D eigenvalue weighted by molar-refractivity contribution is -0.145. The molecular weight excluding hydrogens is 381 g/mol. The zero-order valence-electron chi connectivity index (χ0n) is 15.4. The van der Waals surface area contributed by atoms with Crippen molar-refractivity contribution in [3.8, 4) is 0 Å². The van der Waals surface area contributed by atoms with Crippen LogP contribution in [0, 0.1) is 5.82 Å². The minimum absolute atomic E-state index is 0.108. The van der Waals surface area contributed by atoms with E-state index in [2.05, 4.69) is 4.98 Å². The van der Waals surface area contributed by atoms with Crippen LogP contribution >= 0.6 is 0 Å². The van der Waals surface area contributed by atoms with Crippen molar-refractivity contribution >= 4 is 15.9 Å². The first-order chi connectivity index (χ1) is 13.4. The second-order valence-corrected chi connectivity index (χ2v) is 9.18. The number of hydrogen-bond acceptors (Lipinski definition) is 4. The average Bonchev–Trinajstić information content (AvgIpc) is 3.12. The Morgan fingerprint density at radius 1 is 1.07 bits per heavy atom. The smallest absolute Gasteiger partial charge is 0.244 e. The number of aromatic nitrogens is 1. The van der Waals surface area contributed by atoms with E-state index in [4.69, 9.17) is 0 Å². The maximum Gasteiger partial charge on any atom is 0.244 e. The SMILES string of the molecule is O=C1N(Cc2ccccn2)CCCC12CCCN2S(=O)(=O)c1cccc(F)c1. The molecule has 28 heavy (non-hydrogen) atoms. The summed E-state index contributed by atoms with van der Waals surface area (Å²) in [6.45, 7) is 1.20. The van der Waals surface area contributed by atoms with E-state index in [0.29, 0.717) is 38.8 Å². The number of amides is 1. The van der Waals surface area contributed by atoms with Gasteiger partial charge in [-0.2, -0.15) is 4.31 Å². The van der Waals surface area contributed by atoms with Gasteiger partial charge in [-0.05, 0) is 56.0 Å². The second kappa shape index (κ2) is 7.25. The third-order valence-electron chi connectivity index (χ3n) is 5.60. The van der Waals surface area contributed by atoms with E-state index in [0.717, 1.165) is 11.8 Å². The Morgan fingerprint density at radius 3 is 2.57 bits per heavy atom. The van der Waals surface area contributed by atoms with Gasteiger partial charge in [0.2, 0.25) is 15.9 Å². The number of carbonyl (C=O) groups is 1. The van der Waals surface area contributed by atoms with E-state index in [1.165, 1.54) is 22.5 Å². The first-order valence-corrected chi connectivity index (χ1v) is 10.9. The average molecular weight is 403 g/mol. The number of carbonyl (C=O) groups excluding carboxylic acids is 1. The molecule has 1 unspecified atom stereocenters. The van der Waals surface area contributed by atoms with E-state index in [-0.39, 0.29) is 17.3 Å². The van der Waals surface area contributed by atoms with E-state index < -0.39 is 21.4 Å². The van der Waals surface area contributed by atoms with Crippen LogP contribution in [0.3, 0.4) is 0 Å². The Hall–Kier alpha value is -2.32. The molecule has 1 aromatic carbocycles. The van der Waals surface area contributed by atoms with Gasteiger partial charge in [0.1, 0.15) is 11.4 Å². The highest BCUT2D eigenvalue weighted by molar-refractivity contribution is 7.89. The van der Waals surface area contributed by atoms with Gasteiger partial charge in [-0.25, -0.2) is 12.8 Å². The standard InChI is InChI=1S/C20H22FN3O3S/c21-16-6-3-8-18(14-16)28(26,27)24-13-5-10-20(24)9-4-12-23(19(20)25)15-17-7-1-2-11-22-17/h1-3,6-8,11,14H,4-5,9-10,12-13,15H2. The van der Waals surface area contributed by atoms with Gasteiger partial charge < -0.3 is 4.90 Å². The van der Waals surface area contributed by atoms with Crippen molar-refractivity contribution < 1.29 is 17.6 Å². The summed E-state index contributed by atoms with van der Waals surface area (Å²) in [5, 5.41) is 0. The number of halogens is 1. The van der Waals surface area contributed by atoms with Crippen molar-refractivity contribution in [3.05, 3.63) is 60.2 Å². The molecule has 2 aliphatic rings. The summed E-state index contributed by atoms with van der Waals surface area (Å²) < 4.78 is 41.4. The van der Waals surface area contributed by atoms with Crippen LogP contribution in [-0.2, 0) is 21.4 Å². The lowest BCUT2D eigenvalue weighted by Gasteiger charge is -2.43. The monoisotopic (exact) mass is 403 g/mol.